The first kappa shape index (κ1) is 13.6. The highest BCUT2D eigenvalue weighted by Gasteiger charge is 2.05. The van der Waals surface area contributed by atoms with Gasteiger partial charge in [-0.15, -0.1) is 0 Å². The molecule has 1 N–H and O–H groups in total. The van der Waals surface area contributed by atoms with E-state index in [0.29, 0.717) is 17.3 Å². The normalized spacial score (nSPS) is 10.5. The lowest BCUT2D eigenvalue weighted by molar-refractivity contribution is 0.242. The van der Waals surface area contributed by atoms with Crippen molar-refractivity contribution in [3.8, 4) is 5.75 Å². The van der Waals surface area contributed by atoms with Gasteiger partial charge in [-0.3, -0.25) is 9.97 Å². The van der Waals surface area contributed by atoms with Crippen LogP contribution in [-0.4, -0.2) is 16.1 Å². The molecule has 19 heavy (non-hydrogen) atoms. The van der Waals surface area contributed by atoms with Crippen LogP contribution in [0.1, 0.15) is 19.5 Å². The molecule has 100 valence electrons. The fourth-order valence-corrected chi connectivity index (χ4v) is 1.80. The zero-order chi connectivity index (χ0) is 13.7. The van der Waals surface area contributed by atoms with E-state index in [9.17, 15) is 0 Å². The number of rotatable bonds is 5. The van der Waals surface area contributed by atoms with Crippen LogP contribution in [0.3, 0.4) is 0 Å². The quantitative estimate of drug-likeness (QED) is 0.908. The smallest absolute Gasteiger partial charge is 0.138 e. The summed E-state index contributed by atoms with van der Waals surface area (Å²) in [6.45, 7) is 4.54. The van der Waals surface area contributed by atoms with Crippen molar-refractivity contribution in [1.29, 1.82) is 0 Å². The summed E-state index contributed by atoms with van der Waals surface area (Å²) in [4.78, 5) is 8.20. The van der Waals surface area contributed by atoms with Gasteiger partial charge in [0.25, 0.3) is 0 Å². The maximum atomic E-state index is 6.16. The van der Waals surface area contributed by atoms with Crippen LogP contribution in [0.4, 0.5) is 5.69 Å². The standard InChI is InChI=1S/C14H16ClN3O/c1-10(2)19-14-4-3-11(7-13(14)15)18-9-12-8-16-5-6-17-12/h3-8,10,18H,9H2,1-2H3. The average molecular weight is 278 g/mol. The van der Waals surface area contributed by atoms with Gasteiger partial charge < -0.3 is 10.1 Å². The van der Waals surface area contributed by atoms with Crippen LogP contribution >= 0.6 is 11.6 Å². The summed E-state index contributed by atoms with van der Waals surface area (Å²) >= 11 is 6.16. The van der Waals surface area contributed by atoms with Crippen molar-refractivity contribution < 1.29 is 4.74 Å². The summed E-state index contributed by atoms with van der Waals surface area (Å²) in [6, 6.07) is 5.64. The maximum absolute atomic E-state index is 6.16. The van der Waals surface area contributed by atoms with E-state index in [-0.39, 0.29) is 6.10 Å². The minimum absolute atomic E-state index is 0.107. The van der Waals surface area contributed by atoms with Gasteiger partial charge in [-0.1, -0.05) is 11.6 Å². The zero-order valence-corrected chi connectivity index (χ0v) is 11.7. The molecule has 0 aliphatic heterocycles. The van der Waals surface area contributed by atoms with Crippen LogP contribution in [0.2, 0.25) is 5.02 Å². The van der Waals surface area contributed by atoms with Crippen LogP contribution in [-0.2, 0) is 6.54 Å². The lowest BCUT2D eigenvalue weighted by atomic mass is 10.3. The van der Waals surface area contributed by atoms with Gasteiger partial charge in [-0.05, 0) is 32.0 Å². The highest BCUT2D eigenvalue weighted by molar-refractivity contribution is 6.32. The number of aromatic nitrogens is 2. The van der Waals surface area contributed by atoms with Gasteiger partial charge in [0.15, 0.2) is 0 Å². The Morgan fingerprint density at radius 3 is 2.79 bits per heavy atom. The van der Waals surface area contributed by atoms with Crippen LogP contribution in [0.15, 0.2) is 36.8 Å². The Hall–Kier alpha value is -1.81. The SMILES string of the molecule is CC(C)Oc1ccc(NCc2cnccn2)cc1Cl. The molecule has 0 fully saturated rings. The molecule has 0 amide bonds. The van der Waals surface area contributed by atoms with E-state index in [0.717, 1.165) is 11.4 Å². The number of hydrogen-bond acceptors (Lipinski definition) is 4. The van der Waals surface area contributed by atoms with Crippen LogP contribution in [0.25, 0.3) is 0 Å². The molecule has 0 unspecified atom stereocenters. The third kappa shape index (κ3) is 4.10. The number of nitrogens with one attached hydrogen (secondary N) is 1. The number of halogens is 1. The molecule has 2 aromatic rings. The maximum Gasteiger partial charge on any atom is 0.138 e. The van der Waals surface area contributed by atoms with E-state index < -0.39 is 0 Å². The molecule has 5 heteroatoms. The molecular formula is C14H16ClN3O. The predicted molar refractivity (Wildman–Crippen MR) is 76.6 cm³/mol. The first-order valence-electron chi connectivity index (χ1n) is 6.10. The minimum atomic E-state index is 0.107. The van der Waals surface area contributed by atoms with Crippen molar-refractivity contribution in [2.24, 2.45) is 0 Å². The molecular weight excluding hydrogens is 262 g/mol. The largest absolute Gasteiger partial charge is 0.489 e. The number of anilines is 1. The molecule has 0 saturated heterocycles. The fourth-order valence-electron chi connectivity index (χ4n) is 1.57. The third-order valence-electron chi connectivity index (χ3n) is 2.38. The number of nitrogens with zero attached hydrogens (tertiary/aromatic N) is 2. The summed E-state index contributed by atoms with van der Waals surface area (Å²) < 4.78 is 5.58. The second-order valence-corrected chi connectivity index (χ2v) is 4.77. The van der Waals surface area contributed by atoms with Crippen LogP contribution < -0.4 is 10.1 Å². The molecule has 1 aromatic carbocycles. The molecule has 1 heterocycles. The Labute approximate surface area is 117 Å². The fraction of sp³-hybridized carbons (Fsp3) is 0.286. The molecule has 1 aromatic heterocycles. The zero-order valence-electron chi connectivity index (χ0n) is 10.9. The first-order valence-corrected chi connectivity index (χ1v) is 6.48. The summed E-state index contributed by atoms with van der Waals surface area (Å²) in [5.74, 6) is 0.696. The van der Waals surface area contributed by atoms with Crippen molar-refractivity contribution in [2.45, 2.75) is 26.5 Å². The Morgan fingerprint density at radius 2 is 2.16 bits per heavy atom. The van der Waals surface area contributed by atoms with E-state index in [1.807, 2.05) is 32.0 Å². The average Bonchev–Trinajstić information content (AvgIpc) is 2.40. The second kappa shape index (κ2) is 6.38. The summed E-state index contributed by atoms with van der Waals surface area (Å²) in [5, 5.41) is 3.84. The predicted octanol–water partition coefficient (Wildman–Crippen LogP) is 3.53. The Kier molecular flexibility index (Phi) is 4.58. The molecule has 0 saturated carbocycles. The monoisotopic (exact) mass is 277 g/mol. The highest BCUT2D eigenvalue weighted by atomic mass is 35.5. The van der Waals surface area contributed by atoms with Gasteiger partial charge in [0.2, 0.25) is 0 Å². The van der Waals surface area contributed by atoms with Crippen LogP contribution in [0.5, 0.6) is 5.75 Å². The Morgan fingerprint density at radius 1 is 1.32 bits per heavy atom. The molecule has 2 rings (SSSR count). The Balaban J connectivity index is 2.00. The number of ether oxygens (including phenoxy) is 1. The number of hydrogen-bond donors (Lipinski definition) is 1. The summed E-state index contributed by atoms with van der Waals surface area (Å²) in [7, 11) is 0. The lowest BCUT2D eigenvalue weighted by Gasteiger charge is -2.13. The van der Waals surface area contributed by atoms with E-state index >= 15 is 0 Å². The second-order valence-electron chi connectivity index (χ2n) is 4.36. The number of benzene rings is 1. The third-order valence-corrected chi connectivity index (χ3v) is 2.68. The minimum Gasteiger partial charge on any atom is -0.489 e. The molecule has 4 nitrogen and oxygen atoms in total. The van der Waals surface area contributed by atoms with Crippen molar-refractivity contribution in [2.75, 3.05) is 5.32 Å². The van der Waals surface area contributed by atoms with E-state index in [1.165, 1.54) is 0 Å². The summed E-state index contributed by atoms with van der Waals surface area (Å²) in [5.41, 5.74) is 1.80. The van der Waals surface area contributed by atoms with Crippen molar-refractivity contribution in [3.05, 3.63) is 47.5 Å². The molecule has 0 aliphatic carbocycles. The summed E-state index contributed by atoms with van der Waals surface area (Å²) in [6.07, 6.45) is 5.16. The van der Waals surface area contributed by atoms with Gasteiger partial charge in [-0.25, -0.2) is 0 Å². The first-order chi connectivity index (χ1) is 9.15. The van der Waals surface area contributed by atoms with Gasteiger partial charge in [0.1, 0.15) is 5.75 Å². The highest BCUT2D eigenvalue weighted by Crippen LogP contribution is 2.28. The topological polar surface area (TPSA) is 47.0 Å². The molecule has 0 spiro atoms. The van der Waals surface area contributed by atoms with Gasteiger partial charge >= 0.3 is 0 Å². The molecule has 0 atom stereocenters. The van der Waals surface area contributed by atoms with E-state index in [2.05, 4.69) is 15.3 Å². The Bertz CT molecular complexity index is 531. The van der Waals surface area contributed by atoms with Gasteiger partial charge in [-0.2, -0.15) is 0 Å². The molecule has 0 radical (unpaired) electrons. The van der Waals surface area contributed by atoms with Gasteiger partial charge in [0.05, 0.1) is 29.6 Å². The molecule has 0 aliphatic rings. The van der Waals surface area contributed by atoms with E-state index in [1.54, 1.807) is 18.6 Å². The van der Waals surface area contributed by atoms with Crippen molar-refractivity contribution in [3.63, 3.8) is 0 Å². The van der Waals surface area contributed by atoms with Crippen molar-refractivity contribution in [1.82, 2.24) is 9.97 Å². The van der Waals surface area contributed by atoms with Crippen LogP contribution in [0, 0.1) is 0 Å². The van der Waals surface area contributed by atoms with Gasteiger partial charge in [0, 0.05) is 18.1 Å². The van der Waals surface area contributed by atoms with E-state index in [4.69, 9.17) is 16.3 Å². The molecule has 0 bridgehead atoms. The van der Waals surface area contributed by atoms with Crippen molar-refractivity contribution >= 4 is 17.3 Å². The lowest BCUT2D eigenvalue weighted by Crippen LogP contribution is -2.06.